The van der Waals surface area contributed by atoms with Gasteiger partial charge < -0.3 is 9.88 Å². The maximum Gasteiger partial charge on any atom is 0.284 e. The number of H-pyrrole nitrogens is 1. The van der Waals surface area contributed by atoms with Crippen molar-refractivity contribution in [3.8, 4) is 5.69 Å². The van der Waals surface area contributed by atoms with Gasteiger partial charge in [-0.3, -0.25) is 14.2 Å². The molecule has 0 bridgehead atoms. The van der Waals surface area contributed by atoms with Gasteiger partial charge in [0.05, 0.1) is 16.1 Å². The van der Waals surface area contributed by atoms with Crippen molar-refractivity contribution in [3.05, 3.63) is 81.6 Å². The zero-order chi connectivity index (χ0) is 25.9. The SMILES string of the molecule is CC[C@@]1(c2nn3ccc(Cl)c3c(=O)n2-c2cccc(F)c2)CCCN1c1ncnc2[nH]cc(C(C)=O)c12. The van der Waals surface area contributed by atoms with E-state index in [0.29, 0.717) is 53.3 Å². The Labute approximate surface area is 215 Å². The largest absolute Gasteiger partial charge is 0.345 e. The lowest BCUT2D eigenvalue weighted by Gasteiger charge is -2.39. The highest BCUT2D eigenvalue weighted by atomic mass is 35.5. The minimum absolute atomic E-state index is 0.109. The third-order valence-corrected chi connectivity index (χ3v) is 7.58. The lowest BCUT2D eigenvalue weighted by atomic mass is 9.90. The van der Waals surface area contributed by atoms with Crippen LogP contribution >= 0.6 is 11.6 Å². The van der Waals surface area contributed by atoms with Gasteiger partial charge in [0, 0.05) is 24.5 Å². The first kappa shape index (κ1) is 23.4. The van der Waals surface area contributed by atoms with E-state index in [1.807, 2.05) is 6.92 Å². The third-order valence-electron chi connectivity index (χ3n) is 7.28. The summed E-state index contributed by atoms with van der Waals surface area (Å²) in [6, 6.07) is 7.49. The summed E-state index contributed by atoms with van der Waals surface area (Å²) in [6.07, 6.45) is 6.77. The molecule has 5 aromatic rings. The van der Waals surface area contributed by atoms with Gasteiger partial charge >= 0.3 is 0 Å². The molecule has 1 atom stereocenters. The fourth-order valence-electron chi connectivity index (χ4n) is 5.56. The number of hydrogen-bond acceptors (Lipinski definition) is 6. The van der Waals surface area contributed by atoms with E-state index in [1.165, 1.54) is 34.5 Å². The molecule has 37 heavy (non-hydrogen) atoms. The summed E-state index contributed by atoms with van der Waals surface area (Å²) >= 11 is 6.36. The topological polar surface area (TPSA) is 101 Å². The summed E-state index contributed by atoms with van der Waals surface area (Å²) in [5, 5.41) is 5.79. The lowest BCUT2D eigenvalue weighted by Crippen LogP contribution is -2.46. The van der Waals surface area contributed by atoms with Gasteiger partial charge in [-0.15, -0.1) is 0 Å². The zero-order valence-corrected chi connectivity index (χ0v) is 21.0. The first-order chi connectivity index (χ1) is 17.9. The van der Waals surface area contributed by atoms with Crippen molar-refractivity contribution in [3.63, 3.8) is 0 Å². The Kier molecular flexibility index (Phi) is 5.38. The number of aromatic nitrogens is 6. The maximum atomic E-state index is 14.4. The fraction of sp³-hybridized carbons (Fsp3) is 0.269. The molecule has 0 spiro atoms. The zero-order valence-electron chi connectivity index (χ0n) is 20.2. The molecule has 188 valence electrons. The predicted octanol–water partition coefficient (Wildman–Crippen LogP) is 4.66. The number of nitrogens with one attached hydrogen (secondary N) is 1. The maximum absolute atomic E-state index is 14.4. The van der Waals surface area contributed by atoms with E-state index in [0.717, 1.165) is 6.42 Å². The number of rotatable bonds is 5. The van der Waals surface area contributed by atoms with Gasteiger partial charge in [0.25, 0.3) is 5.56 Å². The van der Waals surface area contributed by atoms with Crippen molar-refractivity contribution >= 4 is 39.8 Å². The van der Waals surface area contributed by atoms with Crippen LogP contribution in [0.3, 0.4) is 0 Å². The van der Waals surface area contributed by atoms with Crippen molar-refractivity contribution in [2.24, 2.45) is 0 Å². The van der Waals surface area contributed by atoms with Gasteiger partial charge in [-0.25, -0.2) is 18.9 Å². The number of Topliss-reactive ketones (excluding diaryl/α,β-unsaturated/α-hetero) is 1. The van der Waals surface area contributed by atoms with Crippen LogP contribution in [0.2, 0.25) is 5.02 Å². The average Bonchev–Trinajstić information content (AvgIpc) is 3.60. The number of halogens is 2. The number of benzene rings is 1. The van der Waals surface area contributed by atoms with E-state index in [9.17, 15) is 14.0 Å². The van der Waals surface area contributed by atoms with Crippen LogP contribution in [0, 0.1) is 5.82 Å². The van der Waals surface area contributed by atoms with Gasteiger partial charge in [-0.05, 0) is 50.5 Å². The molecular weight excluding hydrogens is 497 g/mol. The molecule has 0 saturated carbocycles. The highest BCUT2D eigenvalue weighted by Gasteiger charge is 2.47. The van der Waals surface area contributed by atoms with Crippen LogP contribution in [0.25, 0.3) is 22.2 Å². The minimum Gasteiger partial charge on any atom is -0.345 e. The average molecular weight is 520 g/mol. The number of hydrogen-bond donors (Lipinski definition) is 1. The van der Waals surface area contributed by atoms with Gasteiger partial charge in [-0.1, -0.05) is 24.6 Å². The molecule has 0 amide bonds. The summed E-state index contributed by atoms with van der Waals surface area (Å²) < 4.78 is 17.3. The minimum atomic E-state index is -0.789. The van der Waals surface area contributed by atoms with Crippen LogP contribution in [0.1, 0.15) is 49.3 Å². The molecule has 1 aromatic carbocycles. The van der Waals surface area contributed by atoms with Crippen molar-refractivity contribution in [1.82, 2.24) is 29.1 Å². The van der Waals surface area contributed by atoms with Crippen LogP contribution in [-0.4, -0.2) is 41.5 Å². The molecule has 9 nitrogen and oxygen atoms in total. The van der Waals surface area contributed by atoms with E-state index in [4.69, 9.17) is 16.7 Å². The van der Waals surface area contributed by atoms with Crippen molar-refractivity contribution in [1.29, 1.82) is 0 Å². The number of carbonyl (C=O) groups excluding carboxylic acids is 1. The summed E-state index contributed by atoms with van der Waals surface area (Å²) in [4.78, 5) is 40.5. The molecule has 1 aliphatic rings. The van der Waals surface area contributed by atoms with Crippen LogP contribution in [-0.2, 0) is 5.54 Å². The van der Waals surface area contributed by atoms with Crippen LogP contribution in [0.15, 0.2) is 53.8 Å². The second kappa shape index (κ2) is 8.52. The Bertz CT molecular complexity index is 1760. The molecule has 1 fully saturated rings. The summed E-state index contributed by atoms with van der Waals surface area (Å²) in [5.74, 6) is 0.444. The van der Waals surface area contributed by atoms with E-state index < -0.39 is 16.9 Å². The molecule has 6 rings (SSSR count). The Hall–Kier alpha value is -4.05. The van der Waals surface area contributed by atoms with Gasteiger partial charge in [0.15, 0.2) is 11.6 Å². The second-order valence-corrected chi connectivity index (χ2v) is 9.63. The van der Waals surface area contributed by atoms with E-state index >= 15 is 0 Å². The fourth-order valence-corrected chi connectivity index (χ4v) is 5.79. The molecule has 11 heteroatoms. The van der Waals surface area contributed by atoms with Crippen molar-refractivity contribution in [2.75, 3.05) is 11.4 Å². The van der Waals surface area contributed by atoms with E-state index in [2.05, 4.69) is 19.9 Å². The third kappa shape index (κ3) is 3.39. The quantitative estimate of drug-likeness (QED) is 0.339. The summed E-state index contributed by atoms with van der Waals surface area (Å²) in [5.41, 5.74) is 0.415. The molecular formula is C26H23ClFN7O2. The van der Waals surface area contributed by atoms with E-state index in [1.54, 1.807) is 30.6 Å². The molecule has 1 N–H and O–H groups in total. The number of fused-ring (bicyclic) bond motifs is 2. The molecule has 5 heterocycles. The molecule has 0 radical (unpaired) electrons. The first-order valence-electron chi connectivity index (χ1n) is 12.0. The number of carbonyl (C=O) groups is 1. The van der Waals surface area contributed by atoms with Crippen molar-refractivity contribution < 1.29 is 9.18 Å². The Morgan fingerprint density at radius 1 is 1.27 bits per heavy atom. The standard InChI is InChI=1S/C26H23ClFN7O2/c1-3-26(9-5-10-33(26)23-20-18(15(2)36)13-29-22(20)30-14-31-23)25-32-34-11-8-19(27)21(34)24(37)35(25)17-7-4-6-16(28)12-17/h4,6-8,11-14H,3,5,9-10H2,1-2H3,(H,29,30,31)/t26-/m0/s1. The number of ketones is 1. The monoisotopic (exact) mass is 519 g/mol. The van der Waals surface area contributed by atoms with Gasteiger partial charge in [0.1, 0.15) is 34.7 Å². The van der Waals surface area contributed by atoms with E-state index in [-0.39, 0.29) is 16.3 Å². The number of aromatic amines is 1. The van der Waals surface area contributed by atoms with Crippen LogP contribution < -0.4 is 10.5 Å². The number of nitrogens with zero attached hydrogens (tertiary/aromatic N) is 6. The normalized spacial score (nSPS) is 17.8. The van der Waals surface area contributed by atoms with Crippen LogP contribution in [0.4, 0.5) is 10.2 Å². The molecule has 4 aromatic heterocycles. The van der Waals surface area contributed by atoms with Crippen molar-refractivity contribution in [2.45, 2.75) is 38.6 Å². The van der Waals surface area contributed by atoms with Crippen LogP contribution in [0.5, 0.6) is 0 Å². The Morgan fingerprint density at radius 2 is 2.11 bits per heavy atom. The summed E-state index contributed by atoms with van der Waals surface area (Å²) in [7, 11) is 0. The Morgan fingerprint density at radius 3 is 2.86 bits per heavy atom. The smallest absolute Gasteiger partial charge is 0.284 e. The lowest BCUT2D eigenvalue weighted by molar-refractivity contribution is 0.101. The first-order valence-corrected chi connectivity index (χ1v) is 12.4. The highest BCUT2D eigenvalue weighted by Crippen LogP contribution is 2.45. The van der Waals surface area contributed by atoms with Gasteiger partial charge in [-0.2, -0.15) is 5.10 Å². The Balaban J connectivity index is 1.68. The number of anilines is 1. The molecule has 0 aliphatic carbocycles. The summed E-state index contributed by atoms with van der Waals surface area (Å²) in [6.45, 7) is 4.14. The van der Waals surface area contributed by atoms with Gasteiger partial charge in [0.2, 0.25) is 0 Å². The molecule has 1 saturated heterocycles. The predicted molar refractivity (Wildman–Crippen MR) is 138 cm³/mol. The highest BCUT2D eigenvalue weighted by molar-refractivity contribution is 6.33. The second-order valence-electron chi connectivity index (χ2n) is 9.22. The molecule has 1 aliphatic heterocycles. The molecule has 0 unspecified atom stereocenters.